The molecule has 4 nitrogen and oxygen atoms in total. The van der Waals surface area contributed by atoms with Crippen molar-refractivity contribution in [3.05, 3.63) is 29.8 Å². The van der Waals surface area contributed by atoms with E-state index < -0.39 is 12.0 Å². The van der Waals surface area contributed by atoms with Gasteiger partial charge in [-0.25, -0.2) is 0 Å². The monoisotopic (exact) mass is 237 g/mol. The van der Waals surface area contributed by atoms with E-state index in [9.17, 15) is 4.79 Å². The van der Waals surface area contributed by atoms with E-state index in [1.807, 2.05) is 24.3 Å². The zero-order chi connectivity index (χ0) is 12.7. The standard InChI is InChI=1S/C13H19NO3/c1-3-10-6-4-5-7-12(10)17-9-8-11(14-2)13(15)16/h4-7,11,14H,3,8-9H2,1-2H3,(H,15,16). The zero-order valence-corrected chi connectivity index (χ0v) is 10.3. The van der Waals surface area contributed by atoms with E-state index in [2.05, 4.69) is 12.2 Å². The second-order valence-corrected chi connectivity index (χ2v) is 3.78. The van der Waals surface area contributed by atoms with Gasteiger partial charge in [-0.05, 0) is 25.1 Å². The van der Waals surface area contributed by atoms with Crippen LogP contribution in [0, 0.1) is 0 Å². The number of ether oxygens (including phenoxy) is 1. The summed E-state index contributed by atoms with van der Waals surface area (Å²) in [4.78, 5) is 10.8. The predicted octanol–water partition coefficient (Wildman–Crippen LogP) is 1.69. The first-order valence-corrected chi connectivity index (χ1v) is 5.79. The normalized spacial score (nSPS) is 12.1. The summed E-state index contributed by atoms with van der Waals surface area (Å²) in [5.41, 5.74) is 1.14. The van der Waals surface area contributed by atoms with Crippen LogP contribution in [0.3, 0.4) is 0 Å². The van der Waals surface area contributed by atoms with Crippen LogP contribution in [0.25, 0.3) is 0 Å². The highest BCUT2D eigenvalue weighted by atomic mass is 16.5. The van der Waals surface area contributed by atoms with Gasteiger partial charge in [0.25, 0.3) is 0 Å². The third-order valence-electron chi connectivity index (χ3n) is 2.66. The molecule has 2 N–H and O–H groups in total. The number of para-hydroxylation sites is 1. The van der Waals surface area contributed by atoms with Crippen LogP contribution < -0.4 is 10.1 Å². The fraction of sp³-hybridized carbons (Fsp3) is 0.462. The summed E-state index contributed by atoms with van der Waals surface area (Å²) in [7, 11) is 1.64. The molecule has 0 saturated carbocycles. The first-order chi connectivity index (χ1) is 8.19. The molecule has 0 aromatic heterocycles. The van der Waals surface area contributed by atoms with Crippen molar-refractivity contribution in [2.24, 2.45) is 0 Å². The van der Waals surface area contributed by atoms with Gasteiger partial charge >= 0.3 is 5.97 Å². The molecule has 0 amide bonds. The lowest BCUT2D eigenvalue weighted by molar-refractivity contribution is -0.139. The van der Waals surface area contributed by atoms with Crippen molar-refractivity contribution in [1.82, 2.24) is 5.32 Å². The topological polar surface area (TPSA) is 58.6 Å². The molecule has 0 aliphatic heterocycles. The van der Waals surface area contributed by atoms with E-state index in [1.54, 1.807) is 7.05 Å². The Kier molecular flexibility index (Phi) is 5.49. The molecule has 17 heavy (non-hydrogen) atoms. The highest BCUT2D eigenvalue weighted by Gasteiger charge is 2.14. The van der Waals surface area contributed by atoms with E-state index in [4.69, 9.17) is 9.84 Å². The summed E-state index contributed by atoms with van der Waals surface area (Å²) in [6.07, 6.45) is 1.36. The maximum atomic E-state index is 10.8. The van der Waals surface area contributed by atoms with E-state index in [1.165, 1.54) is 0 Å². The number of likely N-dealkylation sites (N-methyl/N-ethyl adjacent to an activating group) is 1. The third-order valence-corrected chi connectivity index (χ3v) is 2.66. The molecular weight excluding hydrogens is 218 g/mol. The van der Waals surface area contributed by atoms with Crippen molar-refractivity contribution in [3.8, 4) is 5.75 Å². The minimum atomic E-state index is -0.847. The molecule has 0 saturated heterocycles. The number of nitrogens with one attached hydrogen (secondary N) is 1. The number of hydrogen-bond donors (Lipinski definition) is 2. The second-order valence-electron chi connectivity index (χ2n) is 3.78. The molecule has 1 atom stereocenters. The fourth-order valence-corrected chi connectivity index (χ4v) is 1.61. The fourth-order valence-electron chi connectivity index (χ4n) is 1.61. The summed E-state index contributed by atoms with van der Waals surface area (Å²) in [5, 5.41) is 11.6. The largest absolute Gasteiger partial charge is 0.493 e. The molecule has 0 aliphatic rings. The van der Waals surface area contributed by atoms with Crippen molar-refractivity contribution in [2.75, 3.05) is 13.7 Å². The van der Waals surface area contributed by atoms with Gasteiger partial charge in [0.2, 0.25) is 0 Å². The molecule has 1 rings (SSSR count). The van der Waals surface area contributed by atoms with E-state index >= 15 is 0 Å². The van der Waals surface area contributed by atoms with Crippen LogP contribution in [0.5, 0.6) is 5.75 Å². The molecule has 1 unspecified atom stereocenters. The summed E-state index contributed by atoms with van der Waals surface area (Å²) >= 11 is 0. The van der Waals surface area contributed by atoms with Crippen LogP contribution in [0.4, 0.5) is 0 Å². The summed E-state index contributed by atoms with van der Waals surface area (Å²) in [6.45, 7) is 2.46. The van der Waals surface area contributed by atoms with Gasteiger partial charge < -0.3 is 15.2 Å². The maximum Gasteiger partial charge on any atom is 0.320 e. The number of hydrogen-bond acceptors (Lipinski definition) is 3. The number of aryl methyl sites for hydroxylation is 1. The van der Waals surface area contributed by atoms with E-state index in [0.29, 0.717) is 13.0 Å². The van der Waals surface area contributed by atoms with Gasteiger partial charge in [-0.3, -0.25) is 4.79 Å². The predicted molar refractivity (Wildman–Crippen MR) is 66.4 cm³/mol. The van der Waals surface area contributed by atoms with Crippen LogP contribution in [0.1, 0.15) is 18.9 Å². The number of carbonyl (C=O) groups is 1. The van der Waals surface area contributed by atoms with Gasteiger partial charge in [-0.15, -0.1) is 0 Å². The van der Waals surface area contributed by atoms with E-state index in [0.717, 1.165) is 17.7 Å². The Labute approximate surface area is 102 Å². The Morgan fingerprint density at radius 1 is 1.47 bits per heavy atom. The molecule has 0 aliphatic carbocycles. The molecule has 0 fully saturated rings. The zero-order valence-electron chi connectivity index (χ0n) is 10.3. The van der Waals surface area contributed by atoms with Crippen molar-refractivity contribution < 1.29 is 14.6 Å². The Morgan fingerprint density at radius 2 is 2.18 bits per heavy atom. The Balaban J connectivity index is 2.47. The third kappa shape index (κ3) is 4.07. The van der Waals surface area contributed by atoms with Crippen molar-refractivity contribution in [2.45, 2.75) is 25.8 Å². The summed E-state index contributed by atoms with van der Waals surface area (Å²) in [5.74, 6) is -0.00452. The van der Waals surface area contributed by atoms with Crippen LogP contribution in [0.2, 0.25) is 0 Å². The van der Waals surface area contributed by atoms with Gasteiger partial charge in [-0.2, -0.15) is 0 Å². The average molecular weight is 237 g/mol. The Morgan fingerprint density at radius 3 is 2.76 bits per heavy atom. The molecule has 0 radical (unpaired) electrons. The van der Waals surface area contributed by atoms with Gasteiger partial charge in [-0.1, -0.05) is 25.1 Å². The van der Waals surface area contributed by atoms with Crippen LogP contribution >= 0.6 is 0 Å². The summed E-state index contributed by atoms with van der Waals surface area (Å²) < 4.78 is 5.61. The van der Waals surface area contributed by atoms with Crippen LogP contribution in [0.15, 0.2) is 24.3 Å². The summed E-state index contributed by atoms with van der Waals surface area (Å²) in [6, 6.07) is 7.26. The second kappa shape index (κ2) is 6.91. The number of carboxylic acids is 1. The lowest BCUT2D eigenvalue weighted by Crippen LogP contribution is -2.35. The van der Waals surface area contributed by atoms with Crippen LogP contribution in [-0.2, 0) is 11.2 Å². The van der Waals surface area contributed by atoms with E-state index in [-0.39, 0.29) is 0 Å². The minimum absolute atomic E-state index is 0.398. The Hall–Kier alpha value is -1.55. The molecule has 4 heteroatoms. The molecule has 0 heterocycles. The lowest BCUT2D eigenvalue weighted by Gasteiger charge is -2.13. The van der Waals surface area contributed by atoms with Crippen molar-refractivity contribution >= 4 is 5.97 Å². The molecular formula is C13H19NO3. The molecule has 1 aromatic carbocycles. The first kappa shape index (κ1) is 13.5. The molecule has 94 valence electrons. The number of aliphatic carboxylic acids is 1. The highest BCUT2D eigenvalue weighted by Crippen LogP contribution is 2.18. The van der Waals surface area contributed by atoms with Gasteiger partial charge in [0.1, 0.15) is 11.8 Å². The molecule has 0 bridgehead atoms. The van der Waals surface area contributed by atoms with Crippen molar-refractivity contribution in [3.63, 3.8) is 0 Å². The minimum Gasteiger partial charge on any atom is -0.493 e. The first-order valence-electron chi connectivity index (χ1n) is 5.79. The molecule has 1 aromatic rings. The smallest absolute Gasteiger partial charge is 0.320 e. The van der Waals surface area contributed by atoms with Gasteiger partial charge in [0, 0.05) is 6.42 Å². The number of benzene rings is 1. The van der Waals surface area contributed by atoms with Crippen molar-refractivity contribution in [1.29, 1.82) is 0 Å². The number of carboxylic acid groups (broad SMARTS) is 1. The maximum absolute atomic E-state index is 10.8. The SMILES string of the molecule is CCc1ccccc1OCCC(NC)C(=O)O. The van der Waals surface area contributed by atoms with Gasteiger partial charge in [0.15, 0.2) is 0 Å². The van der Waals surface area contributed by atoms with Crippen LogP contribution in [-0.4, -0.2) is 30.8 Å². The lowest BCUT2D eigenvalue weighted by atomic mass is 10.1. The average Bonchev–Trinajstić information content (AvgIpc) is 2.34. The highest BCUT2D eigenvalue weighted by molar-refractivity contribution is 5.73. The van der Waals surface area contributed by atoms with Gasteiger partial charge in [0.05, 0.1) is 6.61 Å². The quantitative estimate of drug-likeness (QED) is 0.757. The Bertz CT molecular complexity index is 365. The number of rotatable bonds is 7. The molecule has 0 spiro atoms.